The minimum absolute atomic E-state index is 0.0189. The Morgan fingerprint density at radius 3 is 2.71 bits per heavy atom. The molecule has 0 saturated carbocycles. The van der Waals surface area contributed by atoms with Gasteiger partial charge in [-0.2, -0.15) is 0 Å². The zero-order valence-corrected chi connectivity index (χ0v) is 11.6. The molecule has 2 rings (SSSR count). The second-order valence-electron chi connectivity index (χ2n) is 4.22. The van der Waals surface area contributed by atoms with Crippen LogP contribution in [0.25, 0.3) is 0 Å². The summed E-state index contributed by atoms with van der Waals surface area (Å²) in [5.74, 6) is -0.321. The third-order valence-electron chi connectivity index (χ3n) is 2.72. The van der Waals surface area contributed by atoms with Crippen molar-refractivity contribution < 1.29 is 14.1 Å². The fourth-order valence-corrected chi connectivity index (χ4v) is 1.85. The van der Waals surface area contributed by atoms with E-state index in [1.807, 2.05) is 0 Å². The van der Waals surface area contributed by atoms with E-state index in [1.54, 1.807) is 12.1 Å². The van der Waals surface area contributed by atoms with Crippen molar-refractivity contribution in [3.05, 3.63) is 69.5 Å². The van der Waals surface area contributed by atoms with E-state index in [2.05, 4.69) is 0 Å². The van der Waals surface area contributed by atoms with Gasteiger partial charge in [-0.25, -0.2) is 4.39 Å². The number of halogens is 1. The molecule has 0 aliphatic rings. The minimum Gasteiger partial charge on any atom is -0.482 e. The average molecular weight is 306 g/mol. The number of benzene rings is 2. The normalized spacial score (nSPS) is 10.1. The molecule has 0 aromatic heterocycles. The summed E-state index contributed by atoms with van der Waals surface area (Å²) in [7, 11) is 0. The van der Waals surface area contributed by atoms with Gasteiger partial charge >= 0.3 is 5.69 Å². The number of nitro benzene ring substituents is 1. The topological polar surface area (TPSA) is 78.4 Å². The van der Waals surface area contributed by atoms with Gasteiger partial charge in [0.15, 0.2) is 5.75 Å². The maximum absolute atomic E-state index is 13.1. The molecule has 5 nitrogen and oxygen atoms in total. The van der Waals surface area contributed by atoms with Crippen molar-refractivity contribution in [2.45, 2.75) is 6.61 Å². The second kappa shape index (κ2) is 6.27. The van der Waals surface area contributed by atoms with Crippen molar-refractivity contribution in [1.82, 2.24) is 0 Å². The lowest BCUT2D eigenvalue weighted by atomic mass is 10.2. The van der Waals surface area contributed by atoms with E-state index in [4.69, 9.17) is 22.7 Å². The molecule has 21 heavy (non-hydrogen) atoms. The van der Waals surface area contributed by atoms with Crippen LogP contribution in [0.5, 0.6) is 5.75 Å². The molecule has 0 aliphatic heterocycles. The lowest BCUT2D eigenvalue weighted by Gasteiger charge is -2.08. The number of nitro groups is 1. The van der Waals surface area contributed by atoms with E-state index >= 15 is 0 Å². The maximum atomic E-state index is 13.1. The Bertz CT molecular complexity index is 706. The summed E-state index contributed by atoms with van der Waals surface area (Å²) in [4.78, 5) is 10.5. The molecule has 0 unspecified atom stereocenters. The van der Waals surface area contributed by atoms with Crippen molar-refractivity contribution in [3.8, 4) is 5.75 Å². The van der Waals surface area contributed by atoms with Crippen LogP contribution in [0.3, 0.4) is 0 Å². The van der Waals surface area contributed by atoms with Gasteiger partial charge in [0.2, 0.25) is 0 Å². The van der Waals surface area contributed by atoms with Gasteiger partial charge in [0.25, 0.3) is 0 Å². The Morgan fingerprint density at radius 1 is 1.33 bits per heavy atom. The fraction of sp³-hybridized carbons (Fsp3) is 0.0714. The van der Waals surface area contributed by atoms with Crippen LogP contribution >= 0.6 is 12.2 Å². The lowest BCUT2D eigenvalue weighted by molar-refractivity contribution is -0.386. The number of hydrogen-bond acceptors (Lipinski definition) is 4. The molecule has 2 aromatic rings. The van der Waals surface area contributed by atoms with Crippen molar-refractivity contribution in [1.29, 1.82) is 0 Å². The van der Waals surface area contributed by atoms with Crippen LogP contribution < -0.4 is 10.5 Å². The Kier molecular flexibility index (Phi) is 4.44. The van der Waals surface area contributed by atoms with Gasteiger partial charge in [-0.3, -0.25) is 10.1 Å². The van der Waals surface area contributed by atoms with E-state index in [0.717, 1.165) is 0 Å². The van der Waals surface area contributed by atoms with Crippen molar-refractivity contribution >= 4 is 22.9 Å². The first-order chi connectivity index (χ1) is 9.97. The number of thiocarbonyl (C=S) groups is 1. The molecule has 7 heteroatoms. The molecule has 0 bridgehead atoms. The highest BCUT2D eigenvalue weighted by Gasteiger charge is 2.17. The summed E-state index contributed by atoms with van der Waals surface area (Å²) in [6.45, 7) is 0.0189. The lowest BCUT2D eigenvalue weighted by Crippen LogP contribution is -2.10. The van der Waals surface area contributed by atoms with Gasteiger partial charge in [0.05, 0.1) is 4.92 Å². The number of hydrogen-bond donors (Lipinski definition) is 1. The van der Waals surface area contributed by atoms with Crippen LogP contribution in [-0.4, -0.2) is 9.91 Å². The molecule has 0 atom stereocenters. The predicted molar refractivity (Wildman–Crippen MR) is 79.7 cm³/mol. The molecule has 108 valence electrons. The highest BCUT2D eigenvalue weighted by atomic mass is 32.1. The molecule has 2 N–H and O–H groups in total. The van der Waals surface area contributed by atoms with Crippen LogP contribution in [0.1, 0.15) is 11.1 Å². The zero-order valence-electron chi connectivity index (χ0n) is 10.8. The Morgan fingerprint density at radius 2 is 2.10 bits per heavy atom. The van der Waals surface area contributed by atoms with E-state index in [1.165, 1.54) is 30.3 Å². The summed E-state index contributed by atoms with van der Waals surface area (Å²) in [6.07, 6.45) is 0. The third kappa shape index (κ3) is 3.73. The number of nitrogens with two attached hydrogens (primary N) is 1. The minimum atomic E-state index is -0.581. The third-order valence-corrected chi connectivity index (χ3v) is 2.96. The summed E-state index contributed by atoms with van der Waals surface area (Å²) in [6, 6.07) is 10.0. The second-order valence-corrected chi connectivity index (χ2v) is 4.66. The van der Waals surface area contributed by atoms with E-state index in [9.17, 15) is 14.5 Å². The number of ether oxygens (including phenoxy) is 1. The summed E-state index contributed by atoms with van der Waals surface area (Å²) >= 11 is 4.78. The van der Waals surface area contributed by atoms with Crippen molar-refractivity contribution in [2.75, 3.05) is 0 Å². The maximum Gasteiger partial charge on any atom is 0.311 e. The van der Waals surface area contributed by atoms with Crippen LogP contribution in [0, 0.1) is 15.9 Å². The Balaban J connectivity index is 2.23. The fourth-order valence-electron chi connectivity index (χ4n) is 1.72. The van der Waals surface area contributed by atoms with Crippen LogP contribution in [0.4, 0.5) is 10.1 Å². The first-order valence-corrected chi connectivity index (χ1v) is 6.33. The SMILES string of the molecule is NC(=S)c1ccc(OCc2cccc(F)c2)c([N+](=O)[O-])c1. The standard InChI is InChI=1S/C14H11FN2O3S/c15-11-3-1-2-9(6-11)8-20-13-5-4-10(14(16)21)7-12(13)17(18)19/h1-7H,8H2,(H2,16,21). The average Bonchev–Trinajstić information content (AvgIpc) is 2.44. The molecule has 0 saturated heterocycles. The largest absolute Gasteiger partial charge is 0.482 e. The Hall–Kier alpha value is -2.54. The van der Waals surface area contributed by atoms with Gasteiger partial charge in [-0.15, -0.1) is 0 Å². The quantitative estimate of drug-likeness (QED) is 0.522. The number of rotatable bonds is 5. The van der Waals surface area contributed by atoms with Gasteiger partial charge in [0, 0.05) is 11.6 Å². The van der Waals surface area contributed by atoms with Gasteiger partial charge in [0.1, 0.15) is 17.4 Å². The van der Waals surface area contributed by atoms with Gasteiger partial charge in [-0.1, -0.05) is 24.4 Å². The smallest absolute Gasteiger partial charge is 0.311 e. The molecule has 0 fully saturated rings. The molecular formula is C14H11FN2O3S. The number of nitrogens with zero attached hydrogens (tertiary/aromatic N) is 1. The van der Waals surface area contributed by atoms with Crippen LogP contribution in [0.2, 0.25) is 0 Å². The predicted octanol–water partition coefficient (Wildman–Crippen LogP) is 2.95. The highest BCUT2D eigenvalue weighted by Crippen LogP contribution is 2.28. The highest BCUT2D eigenvalue weighted by molar-refractivity contribution is 7.80. The first kappa shape index (κ1) is 14.9. The van der Waals surface area contributed by atoms with Crippen LogP contribution in [-0.2, 0) is 6.61 Å². The molecule has 0 radical (unpaired) electrons. The van der Waals surface area contributed by atoms with Gasteiger partial charge in [-0.05, 0) is 29.8 Å². The molecule has 0 heterocycles. The van der Waals surface area contributed by atoms with Gasteiger partial charge < -0.3 is 10.5 Å². The van der Waals surface area contributed by atoms with E-state index < -0.39 is 10.7 Å². The van der Waals surface area contributed by atoms with Crippen LogP contribution in [0.15, 0.2) is 42.5 Å². The van der Waals surface area contributed by atoms with E-state index in [0.29, 0.717) is 11.1 Å². The zero-order chi connectivity index (χ0) is 15.4. The molecular weight excluding hydrogens is 295 g/mol. The summed E-state index contributed by atoms with van der Waals surface area (Å²) in [5.41, 5.74) is 6.16. The molecule has 0 amide bonds. The first-order valence-electron chi connectivity index (χ1n) is 5.93. The summed E-state index contributed by atoms with van der Waals surface area (Å²) in [5, 5.41) is 11.0. The monoisotopic (exact) mass is 306 g/mol. The molecule has 0 aliphatic carbocycles. The van der Waals surface area contributed by atoms with E-state index in [-0.39, 0.29) is 23.0 Å². The van der Waals surface area contributed by atoms with Crippen molar-refractivity contribution in [2.24, 2.45) is 5.73 Å². The summed E-state index contributed by atoms with van der Waals surface area (Å²) < 4.78 is 18.4. The molecule has 2 aromatic carbocycles. The molecule has 0 spiro atoms. The Labute approximate surface area is 125 Å². The van der Waals surface area contributed by atoms with Crippen molar-refractivity contribution in [3.63, 3.8) is 0 Å².